The van der Waals surface area contributed by atoms with E-state index in [0.29, 0.717) is 36.2 Å². The predicted molar refractivity (Wildman–Crippen MR) is 107 cm³/mol. The third kappa shape index (κ3) is 3.83. The molecule has 2 aromatic rings. The van der Waals surface area contributed by atoms with Gasteiger partial charge in [-0.1, -0.05) is 18.5 Å². The topological polar surface area (TPSA) is 83.0 Å². The van der Waals surface area contributed by atoms with E-state index < -0.39 is 5.54 Å². The standard InChI is InChI=1S/C19H25ClN6O/c1-5-19(3,18(27)26(4)6-2)25-15-7-8-21-17(24-15)14-11-23-16-13(14)9-12(20)10-22-16/h7-10,14H,5-6,11H2,1-4H3,(H,22,23)(H,21,24,25)/t14?,19-/m1/s1. The van der Waals surface area contributed by atoms with Crippen LogP contribution in [-0.4, -0.2) is 51.4 Å². The molecule has 2 aromatic heterocycles. The lowest BCUT2D eigenvalue weighted by molar-refractivity contribution is -0.134. The van der Waals surface area contributed by atoms with Gasteiger partial charge in [-0.25, -0.2) is 15.0 Å². The summed E-state index contributed by atoms with van der Waals surface area (Å²) in [6.45, 7) is 7.17. The molecule has 0 aromatic carbocycles. The second-order valence-corrected chi connectivity index (χ2v) is 7.39. The summed E-state index contributed by atoms with van der Waals surface area (Å²) in [6.07, 6.45) is 3.98. The first kappa shape index (κ1) is 19.4. The van der Waals surface area contributed by atoms with Crippen LogP contribution in [0.2, 0.25) is 5.02 Å². The first-order valence-corrected chi connectivity index (χ1v) is 9.51. The zero-order valence-electron chi connectivity index (χ0n) is 16.1. The van der Waals surface area contributed by atoms with E-state index >= 15 is 0 Å². The van der Waals surface area contributed by atoms with Crippen LogP contribution in [0.1, 0.15) is 44.5 Å². The first-order chi connectivity index (χ1) is 12.9. The van der Waals surface area contributed by atoms with Crippen molar-refractivity contribution >= 4 is 29.1 Å². The number of pyridine rings is 1. The Hall–Kier alpha value is -2.41. The molecule has 0 aliphatic carbocycles. The van der Waals surface area contributed by atoms with E-state index in [-0.39, 0.29) is 11.8 Å². The molecule has 7 nitrogen and oxygen atoms in total. The number of carbonyl (C=O) groups is 1. The second kappa shape index (κ2) is 7.68. The molecule has 27 heavy (non-hydrogen) atoms. The van der Waals surface area contributed by atoms with Gasteiger partial charge in [0.25, 0.3) is 0 Å². The van der Waals surface area contributed by atoms with Crippen molar-refractivity contribution in [3.05, 3.63) is 40.9 Å². The molecule has 2 N–H and O–H groups in total. The number of anilines is 2. The molecule has 0 fully saturated rings. The quantitative estimate of drug-likeness (QED) is 0.791. The van der Waals surface area contributed by atoms with Crippen LogP contribution in [0.4, 0.5) is 11.6 Å². The summed E-state index contributed by atoms with van der Waals surface area (Å²) < 4.78 is 0. The molecular formula is C19H25ClN6O. The Morgan fingerprint density at radius 2 is 2.22 bits per heavy atom. The number of hydrogen-bond acceptors (Lipinski definition) is 6. The highest BCUT2D eigenvalue weighted by Crippen LogP contribution is 2.35. The normalized spacial score (nSPS) is 17.6. The minimum atomic E-state index is -0.729. The monoisotopic (exact) mass is 388 g/mol. The highest BCUT2D eigenvalue weighted by molar-refractivity contribution is 6.30. The molecular weight excluding hydrogens is 364 g/mol. The number of amides is 1. The predicted octanol–water partition coefficient (Wildman–Crippen LogP) is 3.14. The number of fused-ring (bicyclic) bond motifs is 1. The number of likely N-dealkylation sites (N-methyl/N-ethyl adjacent to an activating group) is 1. The molecule has 1 aliphatic rings. The summed E-state index contributed by atoms with van der Waals surface area (Å²) in [5, 5.41) is 7.17. The Morgan fingerprint density at radius 3 is 2.93 bits per heavy atom. The molecule has 0 bridgehead atoms. The third-order valence-corrected chi connectivity index (χ3v) is 5.33. The van der Waals surface area contributed by atoms with E-state index in [1.54, 1.807) is 30.4 Å². The first-order valence-electron chi connectivity index (χ1n) is 9.14. The lowest BCUT2D eigenvalue weighted by atomic mass is 9.96. The maximum atomic E-state index is 12.8. The van der Waals surface area contributed by atoms with Crippen LogP contribution in [0.5, 0.6) is 0 Å². The van der Waals surface area contributed by atoms with Crippen molar-refractivity contribution in [2.24, 2.45) is 0 Å². The summed E-state index contributed by atoms with van der Waals surface area (Å²) in [5.74, 6) is 2.12. The molecule has 3 heterocycles. The van der Waals surface area contributed by atoms with Crippen molar-refractivity contribution in [1.29, 1.82) is 0 Å². The lowest BCUT2D eigenvalue weighted by Crippen LogP contribution is -2.50. The Kier molecular flexibility index (Phi) is 5.51. The number of hydrogen-bond donors (Lipinski definition) is 2. The Bertz CT molecular complexity index is 845. The maximum Gasteiger partial charge on any atom is 0.247 e. The number of nitrogens with one attached hydrogen (secondary N) is 2. The SMILES string of the molecule is CCN(C)C(=O)[C@@](C)(CC)Nc1ccnc(C2CNc3ncc(Cl)cc32)n1. The van der Waals surface area contributed by atoms with Crippen LogP contribution < -0.4 is 10.6 Å². The van der Waals surface area contributed by atoms with Crippen molar-refractivity contribution in [2.45, 2.75) is 38.6 Å². The Balaban J connectivity index is 1.87. The summed E-state index contributed by atoms with van der Waals surface area (Å²) in [4.78, 5) is 27.9. The van der Waals surface area contributed by atoms with Crippen molar-refractivity contribution < 1.29 is 4.79 Å². The van der Waals surface area contributed by atoms with E-state index in [0.717, 1.165) is 11.4 Å². The zero-order chi connectivity index (χ0) is 19.6. The van der Waals surface area contributed by atoms with Gasteiger partial charge in [-0.15, -0.1) is 0 Å². The smallest absolute Gasteiger partial charge is 0.247 e. The van der Waals surface area contributed by atoms with Gasteiger partial charge < -0.3 is 15.5 Å². The fourth-order valence-corrected chi connectivity index (χ4v) is 3.33. The molecule has 144 valence electrons. The van der Waals surface area contributed by atoms with Crippen molar-refractivity contribution in [3.63, 3.8) is 0 Å². The summed E-state index contributed by atoms with van der Waals surface area (Å²) in [7, 11) is 1.81. The van der Waals surface area contributed by atoms with Gasteiger partial charge in [-0.3, -0.25) is 4.79 Å². The molecule has 0 saturated carbocycles. The highest BCUT2D eigenvalue weighted by atomic mass is 35.5. The lowest BCUT2D eigenvalue weighted by Gasteiger charge is -2.32. The van der Waals surface area contributed by atoms with Crippen LogP contribution in [-0.2, 0) is 4.79 Å². The Labute approximate surface area is 164 Å². The van der Waals surface area contributed by atoms with Crippen LogP contribution in [0.15, 0.2) is 24.5 Å². The molecule has 1 aliphatic heterocycles. The van der Waals surface area contributed by atoms with Gasteiger partial charge in [-0.2, -0.15) is 0 Å². The van der Waals surface area contributed by atoms with Gasteiger partial charge in [0.1, 0.15) is 23.0 Å². The van der Waals surface area contributed by atoms with Gasteiger partial charge in [-0.05, 0) is 32.4 Å². The van der Waals surface area contributed by atoms with E-state index in [2.05, 4.69) is 25.6 Å². The fraction of sp³-hybridized carbons (Fsp3) is 0.474. The largest absolute Gasteiger partial charge is 0.369 e. The summed E-state index contributed by atoms with van der Waals surface area (Å²) >= 11 is 6.11. The number of halogens is 1. The van der Waals surface area contributed by atoms with Gasteiger partial charge in [0, 0.05) is 38.1 Å². The molecule has 1 unspecified atom stereocenters. The van der Waals surface area contributed by atoms with E-state index in [4.69, 9.17) is 11.6 Å². The molecule has 0 radical (unpaired) electrons. The van der Waals surface area contributed by atoms with E-state index in [1.165, 1.54) is 0 Å². The highest BCUT2D eigenvalue weighted by Gasteiger charge is 2.34. The van der Waals surface area contributed by atoms with Gasteiger partial charge in [0.05, 0.1) is 10.9 Å². The number of carbonyl (C=O) groups excluding carboxylic acids is 1. The van der Waals surface area contributed by atoms with Gasteiger partial charge in [0.15, 0.2) is 0 Å². The van der Waals surface area contributed by atoms with E-state index in [9.17, 15) is 4.79 Å². The van der Waals surface area contributed by atoms with Crippen LogP contribution in [0.3, 0.4) is 0 Å². The molecule has 0 saturated heterocycles. The number of rotatable bonds is 6. The van der Waals surface area contributed by atoms with Crippen LogP contribution in [0, 0.1) is 0 Å². The molecule has 1 amide bonds. The number of nitrogens with zero attached hydrogens (tertiary/aromatic N) is 4. The van der Waals surface area contributed by atoms with Crippen LogP contribution >= 0.6 is 11.6 Å². The molecule has 2 atom stereocenters. The van der Waals surface area contributed by atoms with Crippen molar-refractivity contribution in [2.75, 3.05) is 30.8 Å². The van der Waals surface area contributed by atoms with E-state index in [1.807, 2.05) is 26.8 Å². The third-order valence-electron chi connectivity index (χ3n) is 5.12. The summed E-state index contributed by atoms with van der Waals surface area (Å²) in [6, 6.07) is 3.68. The minimum absolute atomic E-state index is 0.0325. The van der Waals surface area contributed by atoms with Gasteiger partial charge >= 0.3 is 0 Å². The number of aromatic nitrogens is 3. The minimum Gasteiger partial charge on any atom is -0.369 e. The molecule has 8 heteroatoms. The maximum absolute atomic E-state index is 12.8. The summed E-state index contributed by atoms with van der Waals surface area (Å²) in [5.41, 5.74) is 0.257. The van der Waals surface area contributed by atoms with Crippen molar-refractivity contribution in [1.82, 2.24) is 19.9 Å². The average Bonchev–Trinajstić information content (AvgIpc) is 3.09. The average molecular weight is 389 g/mol. The fourth-order valence-electron chi connectivity index (χ4n) is 3.16. The zero-order valence-corrected chi connectivity index (χ0v) is 16.8. The second-order valence-electron chi connectivity index (χ2n) is 6.95. The molecule has 0 spiro atoms. The molecule has 3 rings (SSSR count). The van der Waals surface area contributed by atoms with Gasteiger partial charge in [0.2, 0.25) is 5.91 Å². The van der Waals surface area contributed by atoms with Crippen molar-refractivity contribution in [3.8, 4) is 0 Å². The van der Waals surface area contributed by atoms with Crippen LogP contribution in [0.25, 0.3) is 0 Å². The Morgan fingerprint density at radius 1 is 1.44 bits per heavy atom.